The number of thioether (sulfide) groups is 1. The first-order valence-electron chi connectivity index (χ1n) is 8.05. The van der Waals surface area contributed by atoms with Gasteiger partial charge < -0.3 is 9.88 Å². The number of imidazole rings is 1. The molecule has 1 saturated carbocycles. The lowest BCUT2D eigenvalue weighted by atomic mass is 10.1. The maximum absolute atomic E-state index is 12.1. The van der Waals surface area contributed by atoms with E-state index in [1.165, 1.54) is 35.9 Å². The van der Waals surface area contributed by atoms with Gasteiger partial charge in [0.15, 0.2) is 5.16 Å². The highest BCUT2D eigenvalue weighted by Gasteiger charge is 2.28. The van der Waals surface area contributed by atoms with Crippen LogP contribution >= 0.6 is 11.8 Å². The highest BCUT2D eigenvalue weighted by Crippen LogP contribution is 2.39. The highest BCUT2D eigenvalue weighted by molar-refractivity contribution is 7.99. The van der Waals surface area contributed by atoms with Crippen molar-refractivity contribution in [3.8, 4) is 0 Å². The predicted molar refractivity (Wildman–Crippen MR) is 93.7 cm³/mol. The Morgan fingerprint density at radius 1 is 1.26 bits per heavy atom. The van der Waals surface area contributed by atoms with Gasteiger partial charge in [-0.3, -0.25) is 4.79 Å². The molecule has 0 atom stereocenters. The van der Waals surface area contributed by atoms with Gasteiger partial charge in [-0.2, -0.15) is 0 Å². The number of nitrogens with zero attached hydrogens (tertiary/aromatic N) is 2. The Morgan fingerprint density at radius 2 is 1.96 bits per heavy atom. The van der Waals surface area contributed by atoms with Gasteiger partial charge in [-0.1, -0.05) is 41.6 Å². The third-order valence-corrected chi connectivity index (χ3v) is 5.16. The number of amides is 1. The maximum Gasteiger partial charge on any atom is 0.230 e. The third-order valence-electron chi connectivity index (χ3n) is 4.21. The molecule has 1 aliphatic rings. The zero-order valence-corrected chi connectivity index (χ0v) is 14.7. The molecule has 1 aromatic carbocycles. The number of carbonyl (C=O) groups excluding carboxylic acids is 1. The average Bonchev–Trinajstić information content (AvgIpc) is 3.32. The summed E-state index contributed by atoms with van der Waals surface area (Å²) in [6.45, 7) is 6.79. The Kier molecular flexibility index (Phi) is 4.76. The van der Waals surface area contributed by atoms with Crippen molar-refractivity contribution in [2.75, 3.05) is 5.75 Å². The van der Waals surface area contributed by atoms with Crippen LogP contribution in [-0.4, -0.2) is 21.2 Å². The van der Waals surface area contributed by atoms with E-state index in [-0.39, 0.29) is 5.91 Å². The minimum Gasteiger partial charge on any atom is -0.351 e. The molecule has 0 radical (unpaired) electrons. The fraction of sp³-hybridized carbons (Fsp3) is 0.444. The van der Waals surface area contributed by atoms with E-state index in [9.17, 15) is 4.79 Å². The molecular weight excluding hydrogens is 306 g/mol. The Labute approximate surface area is 141 Å². The van der Waals surface area contributed by atoms with Crippen LogP contribution in [0, 0.1) is 20.8 Å². The van der Waals surface area contributed by atoms with Crippen molar-refractivity contribution in [2.24, 2.45) is 0 Å². The van der Waals surface area contributed by atoms with Crippen LogP contribution in [0.1, 0.15) is 41.4 Å². The standard InChI is InChI=1S/C18H23N3OS/c1-12-4-6-15(7-5-12)10-19-17(22)11-23-18-20-13(2)14(3)21(18)16-8-9-16/h4-7,16H,8-11H2,1-3H3,(H,19,22). The molecule has 1 N–H and O–H groups in total. The van der Waals surface area contributed by atoms with Gasteiger partial charge in [-0.05, 0) is 39.2 Å². The van der Waals surface area contributed by atoms with Gasteiger partial charge in [0.2, 0.25) is 5.91 Å². The van der Waals surface area contributed by atoms with Gasteiger partial charge in [-0.15, -0.1) is 0 Å². The molecule has 1 heterocycles. The highest BCUT2D eigenvalue weighted by atomic mass is 32.2. The van der Waals surface area contributed by atoms with Gasteiger partial charge in [0.1, 0.15) is 0 Å². The Bertz CT molecular complexity index is 702. The largest absolute Gasteiger partial charge is 0.351 e. The van der Waals surface area contributed by atoms with Crippen molar-refractivity contribution >= 4 is 17.7 Å². The summed E-state index contributed by atoms with van der Waals surface area (Å²) in [5.74, 6) is 0.463. The summed E-state index contributed by atoms with van der Waals surface area (Å²) < 4.78 is 2.30. The van der Waals surface area contributed by atoms with Crippen LogP contribution < -0.4 is 5.32 Å². The first-order chi connectivity index (χ1) is 11.0. The predicted octanol–water partition coefficient (Wildman–Crippen LogP) is 3.55. The normalized spacial score (nSPS) is 14.0. The van der Waals surface area contributed by atoms with Crippen LogP contribution in [0.5, 0.6) is 0 Å². The van der Waals surface area contributed by atoms with E-state index in [4.69, 9.17) is 0 Å². The second-order valence-electron chi connectivity index (χ2n) is 6.22. The number of rotatable bonds is 6. The smallest absolute Gasteiger partial charge is 0.230 e. The van der Waals surface area contributed by atoms with Crippen LogP contribution in [0.4, 0.5) is 0 Å². The minimum absolute atomic E-state index is 0.0521. The molecule has 0 spiro atoms. The Morgan fingerprint density at radius 3 is 2.61 bits per heavy atom. The second-order valence-corrected chi connectivity index (χ2v) is 7.16. The summed E-state index contributed by atoms with van der Waals surface area (Å²) >= 11 is 1.54. The van der Waals surface area contributed by atoms with Crippen LogP contribution in [0.3, 0.4) is 0 Å². The summed E-state index contributed by atoms with van der Waals surface area (Å²) in [7, 11) is 0. The lowest BCUT2D eigenvalue weighted by Gasteiger charge is -2.08. The lowest BCUT2D eigenvalue weighted by Crippen LogP contribution is -2.24. The van der Waals surface area contributed by atoms with Crippen molar-refractivity contribution in [2.45, 2.75) is 51.4 Å². The van der Waals surface area contributed by atoms with E-state index >= 15 is 0 Å². The van der Waals surface area contributed by atoms with E-state index in [2.05, 4.69) is 53.0 Å². The molecule has 4 nitrogen and oxygen atoms in total. The first kappa shape index (κ1) is 16.1. The average molecular weight is 329 g/mol. The van der Waals surface area contributed by atoms with Crippen molar-refractivity contribution in [3.63, 3.8) is 0 Å². The van der Waals surface area contributed by atoms with E-state index in [0.717, 1.165) is 16.4 Å². The Balaban J connectivity index is 1.53. The molecule has 23 heavy (non-hydrogen) atoms. The van der Waals surface area contributed by atoms with Crippen LogP contribution in [0.15, 0.2) is 29.4 Å². The summed E-state index contributed by atoms with van der Waals surface area (Å²) in [5, 5.41) is 3.96. The maximum atomic E-state index is 12.1. The van der Waals surface area contributed by atoms with E-state index in [1.807, 2.05) is 6.92 Å². The quantitative estimate of drug-likeness (QED) is 0.825. The van der Waals surface area contributed by atoms with E-state index in [0.29, 0.717) is 18.3 Å². The van der Waals surface area contributed by atoms with E-state index < -0.39 is 0 Å². The molecule has 0 bridgehead atoms. The first-order valence-corrected chi connectivity index (χ1v) is 9.03. The molecule has 2 aromatic rings. The molecule has 0 saturated heterocycles. The van der Waals surface area contributed by atoms with Crippen LogP contribution in [-0.2, 0) is 11.3 Å². The van der Waals surface area contributed by atoms with Crippen molar-refractivity contribution in [1.29, 1.82) is 0 Å². The van der Waals surface area contributed by atoms with Crippen LogP contribution in [0.2, 0.25) is 0 Å². The number of nitrogens with one attached hydrogen (secondary N) is 1. The van der Waals surface area contributed by atoms with Gasteiger partial charge in [0.25, 0.3) is 0 Å². The molecule has 5 heteroatoms. The fourth-order valence-corrected chi connectivity index (χ4v) is 3.54. The number of aromatic nitrogens is 2. The zero-order valence-electron chi connectivity index (χ0n) is 13.9. The van der Waals surface area contributed by atoms with Crippen molar-refractivity contribution in [1.82, 2.24) is 14.9 Å². The number of benzene rings is 1. The Hall–Kier alpha value is -1.75. The molecule has 3 rings (SSSR count). The number of carbonyl (C=O) groups is 1. The molecule has 0 aliphatic heterocycles. The van der Waals surface area contributed by atoms with Crippen molar-refractivity contribution in [3.05, 3.63) is 46.8 Å². The number of hydrogen-bond donors (Lipinski definition) is 1. The number of aryl methyl sites for hydroxylation is 2. The topological polar surface area (TPSA) is 46.9 Å². The van der Waals surface area contributed by atoms with Crippen molar-refractivity contribution < 1.29 is 4.79 Å². The molecule has 1 fully saturated rings. The molecule has 1 aromatic heterocycles. The molecule has 122 valence electrons. The van der Waals surface area contributed by atoms with Gasteiger partial charge >= 0.3 is 0 Å². The summed E-state index contributed by atoms with van der Waals surface area (Å²) in [5.41, 5.74) is 4.66. The summed E-state index contributed by atoms with van der Waals surface area (Å²) in [6, 6.07) is 8.82. The minimum atomic E-state index is 0.0521. The fourth-order valence-electron chi connectivity index (χ4n) is 2.55. The molecular formula is C18H23N3OS. The van der Waals surface area contributed by atoms with Gasteiger partial charge in [-0.25, -0.2) is 4.98 Å². The second kappa shape index (κ2) is 6.79. The molecule has 0 unspecified atom stereocenters. The van der Waals surface area contributed by atoms with Gasteiger partial charge in [0.05, 0.1) is 11.4 Å². The number of hydrogen-bond acceptors (Lipinski definition) is 3. The van der Waals surface area contributed by atoms with E-state index in [1.54, 1.807) is 0 Å². The van der Waals surface area contributed by atoms with Gasteiger partial charge in [0, 0.05) is 18.3 Å². The SMILES string of the molecule is Cc1ccc(CNC(=O)CSc2nc(C)c(C)n2C2CC2)cc1. The third kappa shape index (κ3) is 3.96. The zero-order chi connectivity index (χ0) is 16.4. The van der Waals surface area contributed by atoms with Crippen LogP contribution in [0.25, 0.3) is 0 Å². The summed E-state index contributed by atoms with van der Waals surface area (Å²) in [4.78, 5) is 16.7. The monoisotopic (exact) mass is 329 g/mol. The summed E-state index contributed by atoms with van der Waals surface area (Å²) in [6.07, 6.45) is 2.45. The lowest BCUT2D eigenvalue weighted by molar-refractivity contribution is -0.118. The molecule has 1 aliphatic carbocycles. The molecule has 1 amide bonds.